The molecule has 0 spiro atoms. The number of anilines is 2. The third-order valence-corrected chi connectivity index (χ3v) is 3.55. The SMILES string of the molecule is CCN(c1ccccc1C)c1ncccc1CNC(C)C. The molecule has 0 atom stereocenters. The molecule has 2 rings (SSSR count). The van der Waals surface area contributed by atoms with Gasteiger partial charge in [-0.25, -0.2) is 4.98 Å². The van der Waals surface area contributed by atoms with Crippen molar-refractivity contribution >= 4 is 11.5 Å². The van der Waals surface area contributed by atoms with Crippen LogP contribution in [0.4, 0.5) is 11.5 Å². The molecule has 0 amide bonds. The molecule has 112 valence electrons. The quantitative estimate of drug-likeness (QED) is 0.867. The van der Waals surface area contributed by atoms with Gasteiger partial charge >= 0.3 is 0 Å². The molecule has 0 aliphatic carbocycles. The molecule has 1 aromatic carbocycles. The van der Waals surface area contributed by atoms with Crippen LogP contribution in [0.15, 0.2) is 42.6 Å². The van der Waals surface area contributed by atoms with E-state index in [4.69, 9.17) is 0 Å². The average molecular weight is 283 g/mol. The molecule has 1 aromatic heterocycles. The molecule has 0 unspecified atom stereocenters. The Morgan fingerprint density at radius 3 is 2.57 bits per heavy atom. The maximum atomic E-state index is 4.63. The number of nitrogens with zero attached hydrogens (tertiary/aromatic N) is 2. The highest BCUT2D eigenvalue weighted by atomic mass is 15.2. The molecule has 3 nitrogen and oxygen atoms in total. The Morgan fingerprint density at radius 2 is 1.90 bits per heavy atom. The van der Waals surface area contributed by atoms with Gasteiger partial charge in [0.25, 0.3) is 0 Å². The van der Waals surface area contributed by atoms with Gasteiger partial charge in [-0.2, -0.15) is 0 Å². The minimum Gasteiger partial charge on any atom is -0.326 e. The Hall–Kier alpha value is -1.87. The van der Waals surface area contributed by atoms with Crippen molar-refractivity contribution in [2.45, 2.75) is 40.3 Å². The van der Waals surface area contributed by atoms with Crippen LogP contribution in [-0.2, 0) is 6.54 Å². The minimum absolute atomic E-state index is 0.464. The number of para-hydroxylation sites is 1. The predicted octanol–water partition coefficient (Wildman–Crippen LogP) is 4.05. The number of hydrogen-bond acceptors (Lipinski definition) is 3. The fraction of sp³-hybridized carbons (Fsp3) is 0.389. The van der Waals surface area contributed by atoms with Gasteiger partial charge in [0, 0.05) is 36.6 Å². The van der Waals surface area contributed by atoms with Crippen LogP contribution < -0.4 is 10.2 Å². The molecule has 0 saturated carbocycles. The van der Waals surface area contributed by atoms with Crippen molar-refractivity contribution in [2.75, 3.05) is 11.4 Å². The molecule has 0 saturated heterocycles. The Morgan fingerprint density at radius 1 is 1.14 bits per heavy atom. The van der Waals surface area contributed by atoms with Gasteiger partial charge in [0.05, 0.1) is 0 Å². The number of rotatable bonds is 6. The van der Waals surface area contributed by atoms with E-state index in [0.29, 0.717) is 6.04 Å². The fourth-order valence-corrected chi connectivity index (χ4v) is 2.43. The van der Waals surface area contributed by atoms with E-state index in [1.807, 2.05) is 12.3 Å². The van der Waals surface area contributed by atoms with Crippen molar-refractivity contribution in [3.05, 3.63) is 53.7 Å². The monoisotopic (exact) mass is 283 g/mol. The van der Waals surface area contributed by atoms with Crippen LogP contribution >= 0.6 is 0 Å². The van der Waals surface area contributed by atoms with E-state index in [-0.39, 0.29) is 0 Å². The zero-order valence-electron chi connectivity index (χ0n) is 13.4. The summed E-state index contributed by atoms with van der Waals surface area (Å²) in [6.45, 7) is 10.4. The van der Waals surface area contributed by atoms with Crippen LogP contribution in [0.5, 0.6) is 0 Å². The van der Waals surface area contributed by atoms with Crippen LogP contribution in [-0.4, -0.2) is 17.6 Å². The molecule has 1 heterocycles. The van der Waals surface area contributed by atoms with Gasteiger partial charge in [0.2, 0.25) is 0 Å². The van der Waals surface area contributed by atoms with Crippen LogP contribution in [0.3, 0.4) is 0 Å². The highest BCUT2D eigenvalue weighted by molar-refractivity contribution is 5.65. The lowest BCUT2D eigenvalue weighted by Crippen LogP contribution is -2.25. The Bertz CT molecular complexity index is 578. The fourth-order valence-electron chi connectivity index (χ4n) is 2.43. The molecule has 0 aliphatic rings. The first kappa shape index (κ1) is 15.5. The summed E-state index contributed by atoms with van der Waals surface area (Å²) in [6.07, 6.45) is 1.87. The number of benzene rings is 1. The molecule has 1 N–H and O–H groups in total. The highest BCUT2D eigenvalue weighted by Gasteiger charge is 2.14. The van der Waals surface area contributed by atoms with E-state index in [9.17, 15) is 0 Å². The number of aromatic nitrogens is 1. The van der Waals surface area contributed by atoms with Crippen molar-refractivity contribution in [1.29, 1.82) is 0 Å². The van der Waals surface area contributed by atoms with Crippen molar-refractivity contribution in [3.8, 4) is 0 Å². The number of aryl methyl sites for hydroxylation is 1. The van der Waals surface area contributed by atoms with E-state index in [1.54, 1.807) is 0 Å². The smallest absolute Gasteiger partial charge is 0.137 e. The molecule has 0 bridgehead atoms. The van der Waals surface area contributed by atoms with Crippen molar-refractivity contribution in [2.24, 2.45) is 0 Å². The predicted molar refractivity (Wildman–Crippen MR) is 90.1 cm³/mol. The third-order valence-electron chi connectivity index (χ3n) is 3.55. The van der Waals surface area contributed by atoms with E-state index < -0.39 is 0 Å². The van der Waals surface area contributed by atoms with Gasteiger partial charge in [0.1, 0.15) is 5.82 Å². The topological polar surface area (TPSA) is 28.2 Å². The number of nitrogens with one attached hydrogen (secondary N) is 1. The lowest BCUT2D eigenvalue weighted by atomic mass is 10.1. The molecule has 2 aromatic rings. The van der Waals surface area contributed by atoms with E-state index in [1.165, 1.54) is 16.8 Å². The van der Waals surface area contributed by atoms with Crippen molar-refractivity contribution in [3.63, 3.8) is 0 Å². The third kappa shape index (κ3) is 3.82. The van der Waals surface area contributed by atoms with E-state index in [2.05, 4.69) is 73.2 Å². The Kier molecular flexibility index (Phi) is 5.34. The normalized spacial score (nSPS) is 10.9. The molecule has 0 radical (unpaired) electrons. The summed E-state index contributed by atoms with van der Waals surface area (Å²) in [7, 11) is 0. The van der Waals surface area contributed by atoms with Crippen LogP contribution in [0.25, 0.3) is 0 Å². The van der Waals surface area contributed by atoms with Crippen molar-refractivity contribution in [1.82, 2.24) is 10.3 Å². The van der Waals surface area contributed by atoms with Crippen LogP contribution in [0.2, 0.25) is 0 Å². The van der Waals surface area contributed by atoms with Gasteiger partial charge in [-0.15, -0.1) is 0 Å². The summed E-state index contributed by atoms with van der Waals surface area (Å²) in [6, 6.07) is 13.1. The maximum absolute atomic E-state index is 4.63. The van der Waals surface area contributed by atoms with E-state index >= 15 is 0 Å². The van der Waals surface area contributed by atoms with Gasteiger partial charge in [-0.3, -0.25) is 0 Å². The van der Waals surface area contributed by atoms with Crippen LogP contribution in [0, 0.1) is 6.92 Å². The summed E-state index contributed by atoms with van der Waals surface area (Å²) in [5.41, 5.74) is 3.73. The summed E-state index contributed by atoms with van der Waals surface area (Å²) in [4.78, 5) is 6.92. The molecule has 21 heavy (non-hydrogen) atoms. The first-order chi connectivity index (χ1) is 10.1. The summed E-state index contributed by atoms with van der Waals surface area (Å²) >= 11 is 0. The van der Waals surface area contributed by atoms with E-state index in [0.717, 1.165) is 18.9 Å². The Balaban J connectivity index is 2.36. The first-order valence-corrected chi connectivity index (χ1v) is 7.64. The molecule has 0 aliphatic heterocycles. The van der Waals surface area contributed by atoms with Gasteiger partial charge in [0.15, 0.2) is 0 Å². The zero-order chi connectivity index (χ0) is 15.2. The summed E-state index contributed by atoms with van der Waals surface area (Å²) in [5.74, 6) is 1.04. The number of pyridine rings is 1. The molecular weight excluding hydrogens is 258 g/mol. The number of hydrogen-bond donors (Lipinski definition) is 1. The maximum Gasteiger partial charge on any atom is 0.137 e. The second-order valence-corrected chi connectivity index (χ2v) is 5.55. The van der Waals surface area contributed by atoms with Crippen molar-refractivity contribution < 1.29 is 0 Å². The molecule has 3 heteroatoms. The second-order valence-electron chi connectivity index (χ2n) is 5.55. The minimum atomic E-state index is 0.464. The summed E-state index contributed by atoms with van der Waals surface area (Å²) in [5, 5.41) is 3.48. The zero-order valence-corrected chi connectivity index (χ0v) is 13.4. The largest absolute Gasteiger partial charge is 0.326 e. The summed E-state index contributed by atoms with van der Waals surface area (Å²) < 4.78 is 0. The second kappa shape index (κ2) is 7.23. The van der Waals surface area contributed by atoms with Gasteiger partial charge in [-0.05, 0) is 31.5 Å². The lowest BCUT2D eigenvalue weighted by Gasteiger charge is -2.26. The molecular formula is C18H25N3. The molecule has 0 fully saturated rings. The first-order valence-electron chi connectivity index (χ1n) is 7.64. The van der Waals surface area contributed by atoms with Gasteiger partial charge in [-0.1, -0.05) is 38.1 Å². The average Bonchev–Trinajstić information content (AvgIpc) is 2.49. The Labute approximate surface area is 128 Å². The van der Waals surface area contributed by atoms with Gasteiger partial charge < -0.3 is 10.2 Å². The van der Waals surface area contributed by atoms with Crippen LogP contribution in [0.1, 0.15) is 31.9 Å². The standard InChI is InChI=1S/C18H25N3/c1-5-21(17-11-7-6-9-15(17)4)18-16(10-8-12-19-18)13-20-14(2)3/h6-12,14,20H,5,13H2,1-4H3. The highest BCUT2D eigenvalue weighted by Crippen LogP contribution is 2.28. The lowest BCUT2D eigenvalue weighted by molar-refractivity contribution is 0.587.